The Labute approximate surface area is 117 Å². The number of amides is 1. The van der Waals surface area contributed by atoms with Gasteiger partial charge in [-0.3, -0.25) is 4.79 Å². The number of carbonyl (C=O) groups excluding carboxylic acids is 1. The van der Waals surface area contributed by atoms with Gasteiger partial charge in [0, 0.05) is 5.02 Å². The van der Waals surface area contributed by atoms with Crippen molar-refractivity contribution in [2.45, 2.75) is 27.2 Å². The van der Waals surface area contributed by atoms with Crippen LogP contribution in [0.25, 0.3) is 0 Å². The predicted molar refractivity (Wildman–Crippen MR) is 73.8 cm³/mol. The van der Waals surface area contributed by atoms with Crippen molar-refractivity contribution in [3.05, 3.63) is 27.7 Å². The van der Waals surface area contributed by atoms with Gasteiger partial charge in [-0.05, 0) is 38.0 Å². The van der Waals surface area contributed by atoms with Gasteiger partial charge in [0.15, 0.2) is 0 Å². The fourth-order valence-corrected chi connectivity index (χ4v) is 1.72. The van der Waals surface area contributed by atoms with Gasteiger partial charge in [0.05, 0.1) is 16.8 Å². The number of rotatable bonds is 3. The normalized spacial score (nSPS) is 13.6. The molecular weight excluding hydrogens is 271 g/mol. The van der Waals surface area contributed by atoms with E-state index < -0.39 is 5.41 Å². The number of aryl methyl sites for hydroxylation is 1. The first-order valence-electron chi connectivity index (χ1n) is 5.52. The number of nitrogens with zero attached hydrogens (tertiary/aromatic N) is 1. The quantitative estimate of drug-likeness (QED) is 0.905. The molecule has 0 aliphatic rings. The van der Waals surface area contributed by atoms with Gasteiger partial charge < -0.3 is 5.32 Å². The molecule has 0 radical (unpaired) electrons. The molecule has 0 aliphatic heterocycles. The van der Waals surface area contributed by atoms with Crippen molar-refractivity contribution in [3.8, 4) is 6.07 Å². The van der Waals surface area contributed by atoms with E-state index in [-0.39, 0.29) is 5.91 Å². The topological polar surface area (TPSA) is 52.9 Å². The second kappa shape index (κ2) is 5.60. The van der Waals surface area contributed by atoms with Crippen LogP contribution in [0.15, 0.2) is 12.1 Å². The first-order valence-corrected chi connectivity index (χ1v) is 6.28. The molecule has 18 heavy (non-hydrogen) atoms. The second-order valence-electron chi connectivity index (χ2n) is 4.33. The zero-order valence-corrected chi connectivity index (χ0v) is 12.0. The molecular formula is C13H14Cl2N2O. The van der Waals surface area contributed by atoms with Gasteiger partial charge in [-0.1, -0.05) is 30.1 Å². The van der Waals surface area contributed by atoms with E-state index in [9.17, 15) is 4.79 Å². The van der Waals surface area contributed by atoms with E-state index in [4.69, 9.17) is 28.5 Å². The Bertz CT molecular complexity index is 522. The molecule has 0 fully saturated rings. The molecule has 0 saturated heterocycles. The molecule has 0 aromatic heterocycles. The zero-order valence-electron chi connectivity index (χ0n) is 10.5. The van der Waals surface area contributed by atoms with Gasteiger partial charge in [-0.2, -0.15) is 5.26 Å². The summed E-state index contributed by atoms with van der Waals surface area (Å²) in [6.07, 6.45) is 0.423. The Morgan fingerprint density at radius 1 is 1.44 bits per heavy atom. The van der Waals surface area contributed by atoms with E-state index in [2.05, 4.69) is 5.32 Å². The molecule has 1 atom stereocenters. The van der Waals surface area contributed by atoms with Crippen molar-refractivity contribution in [1.29, 1.82) is 5.26 Å². The average molecular weight is 285 g/mol. The molecule has 0 aliphatic carbocycles. The monoisotopic (exact) mass is 284 g/mol. The minimum absolute atomic E-state index is 0.380. The lowest BCUT2D eigenvalue weighted by Crippen LogP contribution is -2.31. The third-order valence-corrected chi connectivity index (χ3v) is 3.67. The number of benzene rings is 1. The highest BCUT2D eigenvalue weighted by atomic mass is 35.5. The smallest absolute Gasteiger partial charge is 0.244 e. The molecule has 1 rings (SSSR count). The Balaban J connectivity index is 3.03. The molecule has 1 N–H and O–H groups in total. The first kappa shape index (κ1) is 14.8. The van der Waals surface area contributed by atoms with Gasteiger partial charge in [0.1, 0.15) is 5.41 Å². The number of hydrogen-bond acceptors (Lipinski definition) is 2. The average Bonchev–Trinajstić information content (AvgIpc) is 2.34. The first-order chi connectivity index (χ1) is 8.34. The summed E-state index contributed by atoms with van der Waals surface area (Å²) in [5.74, 6) is -0.380. The Morgan fingerprint density at radius 3 is 2.56 bits per heavy atom. The number of anilines is 1. The van der Waals surface area contributed by atoms with Crippen LogP contribution in [0.1, 0.15) is 25.8 Å². The summed E-state index contributed by atoms with van der Waals surface area (Å²) in [4.78, 5) is 12.0. The molecule has 1 unspecified atom stereocenters. The Hall–Kier alpha value is -1.24. The number of hydrogen-bond donors (Lipinski definition) is 1. The third-order valence-electron chi connectivity index (χ3n) is 2.95. The predicted octanol–water partition coefficient (Wildman–Crippen LogP) is 4.18. The fraction of sp³-hybridized carbons (Fsp3) is 0.385. The molecule has 0 spiro atoms. The van der Waals surface area contributed by atoms with Crippen molar-refractivity contribution >= 4 is 34.8 Å². The molecule has 96 valence electrons. The van der Waals surface area contributed by atoms with Crippen LogP contribution in [0.2, 0.25) is 10.0 Å². The zero-order chi connectivity index (χ0) is 13.9. The summed E-state index contributed by atoms with van der Waals surface area (Å²) >= 11 is 12.0. The van der Waals surface area contributed by atoms with E-state index in [1.54, 1.807) is 26.0 Å². The molecule has 1 amide bonds. The van der Waals surface area contributed by atoms with Crippen LogP contribution in [-0.2, 0) is 4.79 Å². The summed E-state index contributed by atoms with van der Waals surface area (Å²) in [5.41, 5.74) is 0.186. The molecule has 0 bridgehead atoms. The van der Waals surface area contributed by atoms with Gasteiger partial charge >= 0.3 is 0 Å². The van der Waals surface area contributed by atoms with Crippen LogP contribution in [0.4, 0.5) is 5.69 Å². The molecule has 5 heteroatoms. The van der Waals surface area contributed by atoms with Gasteiger partial charge in [-0.25, -0.2) is 0 Å². The lowest BCUT2D eigenvalue weighted by molar-refractivity contribution is -0.122. The Kier molecular flexibility index (Phi) is 4.61. The minimum atomic E-state index is -1.07. The maximum absolute atomic E-state index is 12.0. The largest absolute Gasteiger partial charge is 0.323 e. The van der Waals surface area contributed by atoms with Crippen molar-refractivity contribution in [2.24, 2.45) is 5.41 Å². The van der Waals surface area contributed by atoms with Crippen molar-refractivity contribution in [2.75, 3.05) is 5.32 Å². The van der Waals surface area contributed by atoms with E-state index in [0.29, 0.717) is 22.2 Å². The van der Waals surface area contributed by atoms with Crippen molar-refractivity contribution < 1.29 is 4.79 Å². The standard InChI is InChI=1S/C13H14Cl2N2O/c1-4-13(3,7-16)12(18)17-11-6-9(14)8(2)5-10(11)15/h5-6H,4H2,1-3H3,(H,17,18). The van der Waals surface area contributed by atoms with Crippen LogP contribution >= 0.6 is 23.2 Å². The van der Waals surface area contributed by atoms with E-state index in [1.165, 1.54) is 0 Å². The number of halogens is 2. The Morgan fingerprint density at radius 2 is 2.06 bits per heavy atom. The molecule has 3 nitrogen and oxygen atoms in total. The van der Waals surface area contributed by atoms with E-state index in [1.807, 2.05) is 13.0 Å². The molecule has 0 saturated carbocycles. The lowest BCUT2D eigenvalue weighted by Gasteiger charge is -2.19. The molecule has 1 aromatic rings. The van der Waals surface area contributed by atoms with Crippen LogP contribution < -0.4 is 5.32 Å². The lowest BCUT2D eigenvalue weighted by atomic mass is 9.88. The number of nitriles is 1. The SMILES string of the molecule is CCC(C)(C#N)C(=O)Nc1cc(Cl)c(C)cc1Cl. The van der Waals surface area contributed by atoms with Crippen LogP contribution in [0.3, 0.4) is 0 Å². The third kappa shape index (κ3) is 2.95. The van der Waals surface area contributed by atoms with Gasteiger partial charge in [-0.15, -0.1) is 0 Å². The number of nitrogens with one attached hydrogen (secondary N) is 1. The second-order valence-corrected chi connectivity index (χ2v) is 5.15. The molecule has 0 heterocycles. The maximum Gasteiger partial charge on any atom is 0.244 e. The van der Waals surface area contributed by atoms with Gasteiger partial charge in [0.2, 0.25) is 5.91 Å². The summed E-state index contributed by atoms with van der Waals surface area (Å²) < 4.78 is 0. The minimum Gasteiger partial charge on any atom is -0.323 e. The van der Waals surface area contributed by atoms with Crippen molar-refractivity contribution in [3.63, 3.8) is 0 Å². The highest BCUT2D eigenvalue weighted by Gasteiger charge is 2.31. The van der Waals surface area contributed by atoms with E-state index >= 15 is 0 Å². The van der Waals surface area contributed by atoms with Crippen LogP contribution in [0.5, 0.6) is 0 Å². The van der Waals surface area contributed by atoms with Crippen LogP contribution in [-0.4, -0.2) is 5.91 Å². The summed E-state index contributed by atoms with van der Waals surface area (Å²) in [6.45, 7) is 5.20. The van der Waals surface area contributed by atoms with Crippen LogP contribution in [0, 0.1) is 23.7 Å². The van der Waals surface area contributed by atoms with E-state index in [0.717, 1.165) is 5.56 Å². The van der Waals surface area contributed by atoms with Crippen molar-refractivity contribution in [1.82, 2.24) is 0 Å². The highest BCUT2D eigenvalue weighted by molar-refractivity contribution is 6.36. The van der Waals surface area contributed by atoms with Gasteiger partial charge in [0.25, 0.3) is 0 Å². The fourth-order valence-electron chi connectivity index (χ4n) is 1.29. The summed E-state index contributed by atoms with van der Waals surface area (Å²) in [7, 11) is 0. The highest BCUT2D eigenvalue weighted by Crippen LogP contribution is 2.30. The molecule has 1 aromatic carbocycles. The maximum atomic E-state index is 12.0. The summed E-state index contributed by atoms with van der Waals surface area (Å²) in [6, 6.07) is 5.27. The summed E-state index contributed by atoms with van der Waals surface area (Å²) in [5, 5.41) is 12.6. The number of carbonyl (C=O) groups is 1.